The molecule has 2 aliphatic rings. The van der Waals surface area contributed by atoms with Crippen LogP contribution in [0.5, 0.6) is 0 Å². The zero-order valence-corrected chi connectivity index (χ0v) is 11.3. The molecule has 0 spiro atoms. The largest absolute Gasteiger partial charge is 0.337 e. The number of amides is 1. The van der Waals surface area contributed by atoms with Gasteiger partial charge in [-0.15, -0.1) is 0 Å². The van der Waals surface area contributed by atoms with Crippen LogP contribution in [0.25, 0.3) is 0 Å². The summed E-state index contributed by atoms with van der Waals surface area (Å²) in [5, 5.41) is 3.45. The van der Waals surface area contributed by atoms with Crippen LogP contribution in [0.3, 0.4) is 0 Å². The normalized spacial score (nSPS) is 26.9. The topological polar surface area (TPSA) is 58.1 Å². The van der Waals surface area contributed by atoms with Crippen molar-refractivity contribution in [2.75, 3.05) is 26.2 Å². The molecule has 3 rings (SSSR count). The second-order valence-electron chi connectivity index (χ2n) is 5.59. The summed E-state index contributed by atoms with van der Waals surface area (Å²) in [5.74, 6) is 1.50. The molecule has 2 aliphatic heterocycles. The predicted octanol–water partition coefficient (Wildman–Crippen LogP) is 0.857. The first-order valence-electron chi connectivity index (χ1n) is 7.02. The predicted molar refractivity (Wildman–Crippen MR) is 71.8 cm³/mol. The van der Waals surface area contributed by atoms with Gasteiger partial charge in [-0.05, 0) is 44.7 Å². The fraction of sp³-hybridized carbons (Fsp3) is 0.643. The third-order valence-electron chi connectivity index (χ3n) is 4.31. The summed E-state index contributed by atoms with van der Waals surface area (Å²) >= 11 is 0. The van der Waals surface area contributed by atoms with Gasteiger partial charge in [0.05, 0.1) is 11.9 Å². The van der Waals surface area contributed by atoms with E-state index >= 15 is 0 Å². The average molecular weight is 260 g/mol. The lowest BCUT2D eigenvalue weighted by Crippen LogP contribution is -2.33. The average Bonchev–Trinajstić information content (AvgIpc) is 2.78. The van der Waals surface area contributed by atoms with Gasteiger partial charge in [0.25, 0.3) is 5.91 Å². The van der Waals surface area contributed by atoms with Gasteiger partial charge in [0.15, 0.2) is 0 Å². The van der Waals surface area contributed by atoms with Gasteiger partial charge in [0, 0.05) is 19.3 Å². The molecule has 2 fully saturated rings. The van der Waals surface area contributed by atoms with E-state index in [0.717, 1.165) is 56.6 Å². The molecule has 1 aromatic heterocycles. The molecule has 0 aliphatic carbocycles. The maximum atomic E-state index is 12.4. The number of nitrogens with zero attached hydrogens (tertiary/aromatic N) is 3. The molecular formula is C14H20N4O. The lowest BCUT2D eigenvalue weighted by molar-refractivity contribution is 0.0752. The van der Waals surface area contributed by atoms with E-state index in [1.807, 2.05) is 11.8 Å². The minimum atomic E-state index is 0.0282. The Bertz CT molecular complexity index is 445. The van der Waals surface area contributed by atoms with Crippen molar-refractivity contribution >= 4 is 5.91 Å². The molecule has 3 heterocycles. The van der Waals surface area contributed by atoms with Gasteiger partial charge in [0.2, 0.25) is 0 Å². The summed E-state index contributed by atoms with van der Waals surface area (Å²) in [6, 6.07) is 0. The molecule has 0 radical (unpaired) electrons. The number of rotatable bonds is 1. The molecule has 102 valence electrons. The first-order chi connectivity index (χ1) is 9.24. The highest BCUT2D eigenvalue weighted by molar-refractivity contribution is 5.92. The summed E-state index contributed by atoms with van der Waals surface area (Å²) < 4.78 is 0. The summed E-state index contributed by atoms with van der Waals surface area (Å²) in [6.45, 7) is 5.78. The first-order valence-corrected chi connectivity index (χ1v) is 7.02. The van der Waals surface area contributed by atoms with Crippen molar-refractivity contribution in [1.82, 2.24) is 20.2 Å². The van der Waals surface area contributed by atoms with Crippen LogP contribution in [-0.4, -0.2) is 47.0 Å². The van der Waals surface area contributed by atoms with Crippen molar-refractivity contribution in [3.05, 3.63) is 23.8 Å². The molecule has 0 aromatic carbocycles. The number of hydrogen-bond acceptors (Lipinski definition) is 4. The van der Waals surface area contributed by atoms with E-state index in [-0.39, 0.29) is 5.91 Å². The molecule has 1 aromatic rings. The number of carbonyl (C=O) groups excluding carboxylic acids is 1. The van der Waals surface area contributed by atoms with Crippen LogP contribution in [0.15, 0.2) is 12.4 Å². The van der Waals surface area contributed by atoms with Crippen molar-refractivity contribution in [2.45, 2.75) is 19.8 Å². The van der Waals surface area contributed by atoms with E-state index in [2.05, 4.69) is 15.3 Å². The Kier molecular flexibility index (Phi) is 3.46. The van der Waals surface area contributed by atoms with Crippen LogP contribution in [0.4, 0.5) is 0 Å². The van der Waals surface area contributed by atoms with Gasteiger partial charge >= 0.3 is 0 Å². The molecule has 2 saturated heterocycles. The van der Waals surface area contributed by atoms with Crippen LogP contribution in [0.1, 0.15) is 29.0 Å². The monoisotopic (exact) mass is 260 g/mol. The first kappa shape index (κ1) is 12.5. The number of hydrogen-bond donors (Lipinski definition) is 1. The van der Waals surface area contributed by atoms with Gasteiger partial charge < -0.3 is 10.2 Å². The van der Waals surface area contributed by atoms with Crippen LogP contribution in [0, 0.1) is 18.8 Å². The number of aryl methyl sites for hydroxylation is 1. The Morgan fingerprint density at radius 1 is 1.21 bits per heavy atom. The fourth-order valence-corrected chi connectivity index (χ4v) is 3.09. The highest BCUT2D eigenvalue weighted by atomic mass is 16.2. The van der Waals surface area contributed by atoms with E-state index in [0.29, 0.717) is 5.69 Å². The fourth-order valence-electron chi connectivity index (χ4n) is 3.09. The molecule has 5 heteroatoms. The Labute approximate surface area is 113 Å². The SMILES string of the molecule is Cc1cnc(C(=O)N2CC[C@@H]3CNC[C@@H]3CC2)cn1. The van der Waals surface area contributed by atoms with Crippen molar-refractivity contribution in [3.63, 3.8) is 0 Å². The zero-order valence-electron chi connectivity index (χ0n) is 11.3. The van der Waals surface area contributed by atoms with Crippen molar-refractivity contribution in [3.8, 4) is 0 Å². The van der Waals surface area contributed by atoms with Gasteiger partial charge in [-0.3, -0.25) is 9.78 Å². The van der Waals surface area contributed by atoms with E-state index in [1.54, 1.807) is 12.4 Å². The van der Waals surface area contributed by atoms with Crippen LogP contribution >= 0.6 is 0 Å². The van der Waals surface area contributed by atoms with Crippen LogP contribution < -0.4 is 5.32 Å². The summed E-state index contributed by atoms with van der Waals surface area (Å²) in [6.07, 6.45) is 5.44. The van der Waals surface area contributed by atoms with E-state index in [1.165, 1.54) is 0 Å². The molecule has 0 unspecified atom stereocenters. The summed E-state index contributed by atoms with van der Waals surface area (Å²) in [5.41, 5.74) is 1.31. The maximum absolute atomic E-state index is 12.4. The molecule has 1 N–H and O–H groups in total. The highest BCUT2D eigenvalue weighted by Crippen LogP contribution is 2.27. The van der Waals surface area contributed by atoms with Gasteiger partial charge in [-0.1, -0.05) is 0 Å². The summed E-state index contributed by atoms with van der Waals surface area (Å²) in [7, 11) is 0. The molecule has 0 bridgehead atoms. The number of likely N-dealkylation sites (tertiary alicyclic amines) is 1. The number of carbonyl (C=O) groups is 1. The molecular weight excluding hydrogens is 240 g/mol. The molecule has 2 atom stereocenters. The standard InChI is InChI=1S/C14H20N4O/c1-10-6-17-13(9-16-10)14(19)18-4-2-11-7-15-8-12(11)3-5-18/h6,9,11-12,15H,2-5,7-8H2,1H3/t11-,12+. The summed E-state index contributed by atoms with van der Waals surface area (Å²) in [4.78, 5) is 22.7. The molecule has 1 amide bonds. The lowest BCUT2D eigenvalue weighted by atomic mass is 9.92. The smallest absolute Gasteiger partial charge is 0.274 e. The second kappa shape index (κ2) is 5.25. The minimum absolute atomic E-state index is 0.0282. The van der Waals surface area contributed by atoms with Crippen molar-refractivity contribution in [2.24, 2.45) is 11.8 Å². The molecule has 19 heavy (non-hydrogen) atoms. The van der Waals surface area contributed by atoms with Crippen molar-refractivity contribution in [1.29, 1.82) is 0 Å². The highest BCUT2D eigenvalue weighted by Gasteiger charge is 2.31. The number of fused-ring (bicyclic) bond motifs is 1. The molecule has 0 saturated carbocycles. The van der Waals surface area contributed by atoms with E-state index < -0.39 is 0 Å². The maximum Gasteiger partial charge on any atom is 0.274 e. The van der Waals surface area contributed by atoms with E-state index in [4.69, 9.17) is 0 Å². The van der Waals surface area contributed by atoms with Gasteiger partial charge in [-0.25, -0.2) is 4.98 Å². The van der Waals surface area contributed by atoms with Crippen molar-refractivity contribution < 1.29 is 4.79 Å². The molecule has 5 nitrogen and oxygen atoms in total. The minimum Gasteiger partial charge on any atom is -0.337 e. The van der Waals surface area contributed by atoms with Crippen LogP contribution in [-0.2, 0) is 0 Å². The Hall–Kier alpha value is -1.49. The zero-order chi connectivity index (χ0) is 13.2. The Morgan fingerprint density at radius 2 is 1.89 bits per heavy atom. The quantitative estimate of drug-likeness (QED) is 0.813. The second-order valence-corrected chi connectivity index (χ2v) is 5.59. The van der Waals surface area contributed by atoms with Gasteiger partial charge in [0.1, 0.15) is 5.69 Å². The van der Waals surface area contributed by atoms with E-state index in [9.17, 15) is 4.79 Å². The van der Waals surface area contributed by atoms with Crippen LogP contribution in [0.2, 0.25) is 0 Å². The third-order valence-corrected chi connectivity index (χ3v) is 4.31. The Morgan fingerprint density at radius 3 is 2.47 bits per heavy atom. The Balaban J connectivity index is 1.68. The third kappa shape index (κ3) is 2.61. The number of aromatic nitrogens is 2. The lowest BCUT2D eigenvalue weighted by Gasteiger charge is -2.20. The van der Waals surface area contributed by atoms with Gasteiger partial charge in [-0.2, -0.15) is 0 Å². The number of nitrogens with one attached hydrogen (secondary N) is 1.